The van der Waals surface area contributed by atoms with E-state index in [1.807, 2.05) is 7.05 Å². The van der Waals surface area contributed by atoms with Gasteiger partial charge < -0.3 is 10.1 Å². The van der Waals surface area contributed by atoms with E-state index < -0.39 is 0 Å². The molecule has 0 bridgehead atoms. The van der Waals surface area contributed by atoms with Gasteiger partial charge in [0.15, 0.2) is 0 Å². The van der Waals surface area contributed by atoms with Gasteiger partial charge in [-0.1, -0.05) is 42.0 Å². The van der Waals surface area contributed by atoms with E-state index in [9.17, 15) is 0 Å². The predicted molar refractivity (Wildman–Crippen MR) is 78.8 cm³/mol. The van der Waals surface area contributed by atoms with Gasteiger partial charge in [-0.15, -0.1) is 0 Å². The van der Waals surface area contributed by atoms with Crippen molar-refractivity contribution in [3.8, 4) is 0 Å². The Morgan fingerprint density at radius 1 is 1.00 bits per heavy atom. The predicted octanol–water partition coefficient (Wildman–Crippen LogP) is 3.35. The van der Waals surface area contributed by atoms with E-state index in [0.717, 1.165) is 18.9 Å². The number of ether oxygens (including phenoxy) is 1. The van der Waals surface area contributed by atoms with E-state index in [4.69, 9.17) is 4.74 Å². The first-order chi connectivity index (χ1) is 9.24. The highest BCUT2D eigenvalue weighted by molar-refractivity contribution is 5.51. The van der Waals surface area contributed by atoms with Crippen molar-refractivity contribution in [2.24, 2.45) is 0 Å². The number of hydrogen-bond acceptors (Lipinski definition) is 2. The van der Waals surface area contributed by atoms with Crippen LogP contribution in [0.5, 0.6) is 0 Å². The SMILES string of the molecule is CNc1cccc(C2(c3cccc(C)c3)COC2)c1. The van der Waals surface area contributed by atoms with Gasteiger partial charge in [-0.05, 0) is 30.2 Å². The maximum Gasteiger partial charge on any atom is 0.0670 e. The fraction of sp³-hybridized carbons (Fsp3) is 0.294. The lowest BCUT2D eigenvalue weighted by molar-refractivity contribution is -0.0379. The molecule has 0 aliphatic carbocycles. The Balaban J connectivity index is 2.08. The van der Waals surface area contributed by atoms with Crippen molar-refractivity contribution in [1.82, 2.24) is 0 Å². The minimum absolute atomic E-state index is 0.0267. The molecule has 2 nitrogen and oxygen atoms in total. The highest BCUT2D eigenvalue weighted by Crippen LogP contribution is 2.40. The zero-order valence-electron chi connectivity index (χ0n) is 11.4. The van der Waals surface area contributed by atoms with E-state index >= 15 is 0 Å². The number of anilines is 1. The normalized spacial score (nSPS) is 16.7. The summed E-state index contributed by atoms with van der Waals surface area (Å²) < 4.78 is 5.54. The van der Waals surface area contributed by atoms with Gasteiger partial charge in [-0.25, -0.2) is 0 Å². The molecule has 2 aromatic rings. The summed E-state index contributed by atoms with van der Waals surface area (Å²) in [5, 5.41) is 3.21. The molecule has 0 unspecified atom stereocenters. The fourth-order valence-electron chi connectivity index (χ4n) is 2.72. The lowest BCUT2D eigenvalue weighted by Crippen LogP contribution is -2.47. The number of hydrogen-bond donors (Lipinski definition) is 1. The Labute approximate surface area is 114 Å². The topological polar surface area (TPSA) is 21.3 Å². The van der Waals surface area contributed by atoms with E-state index in [1.54, 1.807) is 0 Å². The van der Waals surface area contributed by atoms with E-state index in [0.29, 0.717) is 0 Å². The Morgan fingerprint density at radius 2 is 1.68 bits per heavy atom. The largest absolute Gasteiger partial charge is 0.388 e. The first kappa shape index (κ1) is 12.2. The fourth-order valence-corrected chi connectivity index (χ4v) is 2.72. The maximum atomic E-state index is 5.54. The average Bonchev–Trinajstić information content (AvgIpc) is 2.38. The van der Waals surface area contributed by atoms with Crippen LogP contribution in [0, 0.1) is 6.92 Å². The summed E-state index contributed by atoms with van der Waals surface area (Å²) in [6.07, 6.45) is 0. The second-order valence-corrected chi connectivity index (χ2v) is 5.28. The van der Waals surface area contributed by atoms with Crippen molar-refractivity contribution in [3.63, 3.8) is 0 Å². The summed E-state index contributed by atoms with van der Waals surface area (Å²) in [5.74, 6) is 0. The number of benzene rings is 2. The van der Waals surface area contributed by atoms with Crippen LogP contribution >= 0.6 is 0 Å². The molecular weight excluding hydrogens is 234 g/mol. The summed E-state index contributed by atoms with van der Waals surface area (Å²) >= 11 is 0. The van der Waals surface area contributed by atoms with Crippen LogP contribution in [0.15, 0.2) is 48.5 Å². The number of aryl methyl sites for hydroxylation is 1. The molecule has 1 fully saturated rings. The molecular formula is C17H19NO. The zero-order valence-corrected chi connectivity index (χ0v) is 11.4. The van der Waals surface area contributed by atoms with Gasteiger partial charge in [0, 0.05) is 12.7 Å². The number of rotatable bonds is 3. The Morgan fingerprint density at radius 3 is 2.26 bits per heavy atom. The molecule has 1 aliphatic heterocycles. The first-order valence-corrected chi connectivity index (χ1v) is 6.68. The van der Waals surface area contributed by atoms with Crippen LogP contribution in [0.2, 0.25) is 0 Å². The second-order valence-electron chi connectivity index (χ2n) is 5.28. The van der Waals surface area contributed by atoms with Crippen molar-refractivity contribution < 1.29 is 4.74 Å². The van der Waals surface area contributed by atoms with Gasteiger partial charge in [0.2, 0.25) is 0 Å². The van der Waals surface area contributed by atoms with Crippen molar-refractivity contribution in [1.29, 1.82) is 0 Å². The maximum absolute atomic E-state index is 5.54. The molecule has 0 radical (unpaired) electrons. The molecule has 2 heteroatoms. The van der Waals surface area contributed by atoms with Gasteiger partial charge in [-0.3, -0.25) is 0 Å². The van der Waals surface area contributed by atoms with Crippen molar-refractivity contribution in [2.45, 2.75) is 12.3 Å². The third-order valence-electron chi connectivity index (χ3n) is 3.97. The lowest BCUT2D eigenvalue weighted by atomic mass is 9.72. The van der Waals surface area contributed by atoms with Gasteiger partial charge in [0.25, 0.3) is 0 Å². The summed E-state index contributed by atoms with van der Waals surface area (Å²) in [6, 6.07) is 17.4. The zero-order chi connectivity index (χ0) is 13.3. The summed E-state index contributed by atoms with van der Waals surface area (Å²) in [7, 11) is 1.95. The molecule has 3 rings (SSSR count). The highest BCUT2D eigenvalue weighted by Gasteiger charge is 2.42. The third kappa shape index (κ3) is 2.02. The molecule has 0 amide bonds. The second kappa shape index (κ2) is 4.71. The standard InChI is InChI=1S/C17H19NO/c1-13-5-3-6-14(9-13)17(11-19-12-17)15-7-4-8-16(10-15)18-2/h3-10,18H,11-12H2,1-2H3. The van der Waals surface area contributed by atoms with Crippen LogP contribution in [0.3, 0.4) is 0 Å². The Bertz CT molecular complexity index is 587. The van der Waals surface area contributed by atoms with Crippen LogP contribution in [0.4, 0.5) is 5.69 Å². The number of nitrogens with one attached hydrogen (secondary N) is 1. The van der Waals surface area contributed by atoms with Crippen LogP contribution < -0.4 is 5.32 Å². The average molecular weight is 253 g/mol. The van der Waals surface area contributed by atoms with E-state index in [2.05, 4.69) is 60.8 Å². The van der Waals surface area contributed by atoms with Gasteiger partial charge in [0.05, 0.1) is 18.6 Å². The van der Waals surface area contributed by atoms with Crippen LogP contribution in [-0.4, -0.2) is 20.3 Å². The lowest BCUT2D eigenvalue weighted by Gasteiger charge is -2.42. The molecule has 1 saturated heterocycles. The molecule has 1 aliphatic rings. The highest BCUT2D eigenvalue weighted by atomic mass is 16.5. The monoisotopic (exact) mass is 253 g/mol. The van der Waals surface area contributed by atoms with Gasteiger partial charge in [0.1, 0.15) is 0 Å². The minimum atomic E-state index is 0.0267. The minimum Gasteiger partial charge on any atom is -0.388 e. The Hall–Kier alpha value is -1.80. The van der Waals surface area contributed by atoms with Gasteiger partial charge >= 0.3 is 0 Å². The molecule has 0 atom stereocenters. The van der Waals surface area contributed by atoms with Crippen LogP contribution in [-0.2, 0) is 10.2 Å². The summed E-state index contributed by atoms with van der Waals surface area (Å²) in [5.41, 5.74) is 5.16. The molecule has 1 N–H and O–H groups in total. The van der Waals surface area contributed by atoms with E-state index in [1.165, 1.54) is 16.7 Å². The molecule has 0 aromatic heterocycles. The molecule has 2 aromatic carbocycles. The molecule has 98 valence electrons. The van der Waals surface area contributed by atoms with E-state index in [-0.39, 0.29) is 5.41 Å². The molecule has 19 heavy (non-hydrogen) atoms. The quantitative estimate of drug-likeness (QED) is 0.905. The Kier molecular flexibility index (Phi) is 3.03. The smallest absolute Gasteiger partial charge is 0.0670 e. The summed E-state index contributed by atoms with van der Waals surface area (Å²) in [4.78, 5) is 0. The van der Waals surface area contributed by atoms with Crippen LogP contribution in [0.1, 0.15) is 16.7 Å². The van der Waals surface area contributed by atoms with Crippen LogP contribution in [0.25, 0.3) is 0 Å². The molecule has 0 spiro atoms. The molecule has 1 heterocycles. The summed E-state index contributed by atoms with van der Waals surface area (Å²) in [6.45, 7) is 3.67. The molecule has 0 saturated carbocycles. The van der Waals surface area contributed by atoms with Crippen molar-refractivity contribution in [3.05, 3.63) is 65.2 Å². The van der Waals surface area contributed by atoms with Crippen molar-refractivity contribution >= 4 is 5.69 Å². The van der Waals surface area contributed by atoms with Gasteiger partial charge in [-0.2, -0.15) is 0 Å². The first-order valence-electron chi connectivity index (χ1n) is 6.68. The third-order valence-corrected chi connectivity index (χ3v) is 3.97. The van der Waals surface area contributed by atoms with Crippen molar-refractivity contribution in [2.75, 3.05) is 25.6 Å².